The monoisotopic (exact) mass is 468 g/mol. The summed E-state index contributed by atoms with van der Waals surface area (Å²) in [7, 11) is 0. The van der Waals surface area contributed by atoms with E-state index in [1.165, 1.54) is 28.0 Å². The zero-order valence-corrected chi connectivity index (χ0v) is 18.7. The van der Waals surface area contributed by atoms with Crippen LogP contribution in [0.25, 0.3) is 0 Å². The predicted octanol–water partition coefficient (Wildman–Crippen LogP) is -0.0593. The van der Waals surface area contributed by atoms with Gasteiger partial charge in [0, 0.05) is 41.1 Å². The average molecular weight is 469 g/mol. The van der Waals surface area contributed by atoms with Crippen LogP contribution in [0.5, 0.6) is 0 Å². The number of nitrogens with zero attached hydrogens (tertiary/aromatic N) is 3. The third-order valence-electron chi connectivity index (χ3n) is 5.85. The molecule has 0 bridgehead atoms. The van der Waals surface area contributed by atoms with Gasteiger partial charge in [-0.25, -0.2) is 9.78 Å². The van der Waals surface area contributed by atoms with E-state index in [-0.39, 0.29) is 47.9 Å². The summed E-state index contributed by atoms with van der Waals surface area (Å²) in [5.74, 6) is -2.50. The van der Waals surface area contributed by atoms with Crippen LogP contribution in [0.2, 0.25) is 0 Å². The number of aromatic nitrogens is 1. The summed E-state index contributed by atoms with van der Waals surface area (Å²) in [6.45, 7) is 4.81. The van der Waals surface area contributed by atoms with Gasteiger partial charge in [0.15, 0.2) is 5.13 Å². The van der Waals surface area contributed by atoms with Crippen LogP contribution in [0.3, 0.4) is 0 Å². The summed E-state index contributed by atoms with van der Waals surface area (Å²) >= 11 is 2.83. The van der Waals surface area contributed by atoms with Crippen molar-refractivity contribution in [3.8, 4) is 0 Å². The summed E-state index contributed by atoms with van der Waals surface area (Å²) in [5, 5.41) is 33.5. The van der Waals surface area contributed by atoms with Gasteiger partial charge in [0.2, 0.25) is 5.91 Å². The number of carbonyl (C=O) groups is 3. The Bertz CT molecular complexity index is 942. The molecule has 2 saturated heterocycles. The number of thioether (sulfide) groups is 1. The molecule has 3 aliphatic rings. The smallest absolute Gasteiger partial charge is 0.353 e. The highest BCUT2D eigenvalue weighted by atomic mass is 32.2. The molecule has 12 heteroatoms. The highest BCUT2D eigenvalue weighted by molar-refractivity contribution is 8.03. The van der Waals surface area contributed by atoms with Crippen molar-refractivity contribution >= 4 is 46.0 Å². The molecule has 1 aromatic rings. The van der Waals surface area contributed by atoms with E-state index in [1.54, 1.807) is 12.3 Å². The Morgan fingerprint density at radius 1 is 1.42 bits per heavy atom. The first-order chi connectivity index (χ1) is 14.7. The molecule has 3 aliphatic heterocycles. The van der Waals surface area contributed by atoms with Gasteiger partial charge in [0.25, 0.3) is 5.91 Å². The quantitative estimate of drug-likeness (QED) is 0.386. The molecule has 2 amide bonds. The lowest BCUT2D eigenvalue weighted by Crippen LogP contribution is -2.63. The van der Waals surface area contributed by atoms with Gasteiger partial charge in [-0.2, -0.15) is 0 Å². The van der Waals surface area contributed by atoms with Crippen molar-refractivity contribution in [2.45, 2.75) is 31.2 Å². The zero-order valence-electron chi connectivity index (χ0n) is 17.0. The number of carbonyl (C=O) groups excluding carboxylic acids is 2. The second-order valence-electron chi connectivity index (χ2n) is 7.91. The molecule has 4 rings (SSSR count). The number of rotatable bonds is 8. The van der Waals surface area contributed by atoms with E-state index in [2.05, 4.69) is 10.3 Å². The Morgan fingerprint density at radius 2 is 2.13 bits per heavy atom. The second kappa shape index (κ2) is 8.41. The van der Waals surface area contributed by atoms with Gasteiger partial charge in [-0.1, -0.05) is 6.92 Å². The van der Waals surface area contributed by atoms with Gasteiger partial charge in [-0.05, 0) is 6.92 Å². The first kappa shape index (κ1) is 22.1. The number of aliphatic hydroxyl groups is 2. The van der Waals surface area contributed by atoms with Crippen LogP contribution < -0.4 is 10.2 Å². The molecular formula is C19H24N4O6S2. The average Bonchev–Trinajstić information content (AvgIpc) is 3.24. The predicted molar refractivity (Wildman–Crippen MR) is 115 cm³/mol. The minimum Gasteiger partial charge on any atom is -0.477 e. The molecular weight excluding hydrogens is 444 g/mol. The van der Waals surface area contributed by atoms with Gasteiger partial charge >= 0.3 is 5.97 Å². The van der Waals surface area contributed by atoms with Gasteiger partial charge in [0.05, 0.1) is 24.7 Å². The molecule has 1 aromatic heterocycles. The van der Waals surface area contributed by atoms with Crippen LogP contribution in [-0.4, -0.2) is 86.6 Å². The van der Waals surface area contributed by atoms with Crippen molar-refractivity contribution in [3.63, 3.8) is 0 Å². The summed E-state index contributed by atoms with van der Waals surface area (Å²) in [6.07, 6.45) is -0.816. The molecule has 0 spiro atoms. The first-order valence-electron chi connectivity index (χ1n) is 9.99. The van der Waals surface area contributed by atoms with Gasteiger partial charge in [-0.3, -0.25) is 9.59 Å². The maximum absolute atomic E-state index is 12.4. The number of amides is 2. The maximum Gasteiger partial charge on any atom is 0.353 e. The summed E-state index contributed by atoms with van der Waals surface area (Å²) < 4.78 is 0. The largest absolute Gasteiger partial charge is 0.477 e. The van der Waals surface area contributed by atoms with Crippen molar-refractivity contribution in [1.29, 1.82) is 0 Å². The van der Waals surface area contributed by atoms with Crippen molar-refractivity contribution in [2.24, 2.45) is 11.8 Å². The summed E-state index contributed by atoms with van der Waals surface area (Å²) in [6, 6.07) is -0.309. The Kier molecular flexibility index (Phi) is 5.99. The minimum atomic E-state index is -1.12. The molecule has 0 saturated carbocycles. The number of hydrogen-bond acceptors (Lipinski definition) is 9. The van der Waals surface area contributed by atoms with Crippen LogP contribution in [-0.2, 0) is 9.59 Å². The fraction of sp³-hybridized carbons (Fsp3) is 0.579. The molecule has 0 aliphatic carbocycles. The number of aliphatic carboxylic acids is 1. The van der Waals surface area contributed by atoms with E-state index in [0.29, 0.717) is 28.8 Å². The lowest BCUT2D eigenvalue weighted by molar-refractivity contribution is -0.163. The molecule has 2 fully saturated rings. The Balaban J connectivity index is 1.40. The standard InChI is InChI=1S/C19H24N4O6S2/c1-8-13-12(9(2)25)17(27)23(13)14(18(28)29)15(8)31-10-5-22(6-10)19-21-11(7-30-19)16(26)20-3-4-24/h7-10,12-13,24-25H,3-6H2,1-2H3,(H,20,26)(H,28,29)/t8-,9-,12?,13?/m1/s1. The number of aliphatic hydroxyl groups excluding tert-OH is 2. The first-order valence-corrected chi connectivity index (χ1v) is 11.7. The topological polar surface area (TPSA) is 143 Å². The van der Waals surface area contributed by atoms with Crippen molar-refractivity contribution in [1.82, 2.24) is 15.2 Å². The highest BCUT2D eigenvalue weighted by Crippen LogP contribution is 2.52. The molecule has 2 unspecified atom stereocenters. The van der Waals surface area contributed by atoms with Crippen molar-refractivity contribution in [3.05, 3.63) is 21.7 Å². The van der Waals surface area contributed by atoms with Crippen LogP contribution in [0.15, 0.2) is 16.0 Å². The van der Waals surface area contributed by atoms with Gasteiger partial charge in [-0.15, -0.1) is 23.1 Å². The molecule has 4 heterocycles. The van der Waals surface area contributed by atoms with Gasteiger partial charge in [0.1, 0.15) is 11.4 Å². The number of hydrogen-bond donors (Lipinski definition) is 4. The SMILES string of the molecule is C[C@@H](O)C1C(=O)N2C(C(=O)O)=C(SC3CN(c4nc(C(=O)NCCO)cs4)C3)[C@H](C)C12. The van der Waals surface area contributed by atoms with Crippen molar-refractivity contribution < 1.29 is 29.7 Å². The van der Waals surface area contributed by atoms with E-state index in [9.17, 15) is 24.6 Å². The number of nitrogens with one attached hydrogen (secondary N) is 1. The number of carboxylic acids is 1. The minimum absolute atomic E-state index is 0.0416. The van der Waals surface area contributed by atoms with E-state index in [4.69, 9.17) is 5.11 Å². The molecule has 4 N–H and O–H groups in total. The maximum atomic E-state index is 12.4. The number of β-lactam (4-membered cyclic amide) rings is 1. The Hall–Kier alpha value is -2.15. The van der Waals surface area contributed by atoms with Crippen LogP contribution in [0.4, 0.5) is 5.13 Å². The van der Waals surface area contributed by atoms with Crippen LogP contribution in [0.1, 0.15) is 24.3 Å². The fourth-order valence-corrected chi connectivity index (χ4v) is 6.65. The Morgan fingerprint density at radius 3 is 2.74 bits per heavy atom. The molecule has 0 aromatic carbocycles. The number of fused-ring (bicyclic) bond motifs is 1. The molecule has 4 atom stereocenters. The summed E-state index contributed by atoms with van der Waals surface area (Å²) in [4.78, 5) is 44.6. The summed E-state index contributed by atoms with van der Waals surface area (Å²) in [5.41, 5.74) is 0.344. The van der Waals surface area contributed by atoms with Crippen LogP contribution >= 0.6 is 23.1 Å². The lowest BCUT2D eigenvalue weighted by Gasteiger charge is -2.46. The normalized spacial score (nSPS) is 26.5. The third kappa shape index (κ3) is 3.71. The number of anilines is 1. The van der Waals surface area contributed by atoms with E-state index in [0.717, 1.165) is 0 Å². The second-order valence-corrected chi connectivity index (χ2v) is 10.1. The zero-order chi connectivity index (χ0) is 22.4. The lowest BCUT2D eigenvalue weighted by atomic mass is 9.79. The molecule has 168 valence electrons. The van der Waals surface area contributed by atoms with Gasteiger partial charge < -0.3 is 30.4 Å². The van der Waals surface area contributed by atoms with E-state index < -0.39 is 18.0 Å². The number of thiazole rings is 1. The van der Waals surface area contributed by atoms with Crippen molar-refractivity contribution in [2.75, 3.05) is 31.1 Å². The molecule has 10 nitrogen and oxygen atoms in total. The Labute approximate surface area is 186 Å². The number of carboxylic acid groups (broad SMARTS) is 1. The highest BCUT2D eigenvalue weighted by Gasteiger charge is 2.60. The van der Waals surface area contributed by atoms with Crippen LogP contribution in [0, 0.1) is 11.8 Å². The van der Waals surface area contributed by atoms with E-state index in [1.807, 2.05) is 11.8 Å². The molecule has 31 heavy (non-hydrogen) atoms. The third-order valence-corrected chi connectivity index (χ3v) is 8.20. The fourth-order valence-electron chi connectivity index (χ4n) is 4.30. The molecule has 0 radical (unpaired) electrons. The van der Waals surface area contributed by atoms with E-state index >= 15 is 0 Å².